The van der Waals surface area contributed by atoms with Gasteiger partial charge in [0.1, 0.15) is 5.82 Å². The lowest BCUT2D eigenvalue weighted by Crippen LogP contribution is -2.11. The van der Waals surface area contributed by atoms with Gasteiger partial charge in [0, 0.05) is 18.2 Å². The zero-order chi connectivity index (χ0) is 11.7. The Bertz CT molecular complexity index is 549. The van der Waals surface area contributed by atoms with Crippen LogP contribution in [0.4, 0.5) is 0 Å². The molecule has 0 amide bonds. The van der Waals surface area contributed by atoms with Gasteiger partial charge in [0.2, 0.25) is 0 Å². The fourth-order valence-electron chi connectivity index (χ4n) is 2.35. The molecule has 0 unspecified atom stereocenters. The van der Waals surface area contributed by atoms with Gasteiger partial charge in [-0.3, -0.25) is 0 Å². The summed E-state index contributed by atoms with van der Waals surface area (Å²) in [5, 5.41) is 0. The molecule has 3 rings (SSSR count). The van der Waals surface area contributed by atoms with Gasteiger partial charge in [-0.1, -0.05) is 24.3 Å². The van der Waals surface area contributed by atoms with Crippen LogP contribution >= 0.6 is 0 Å². The molecule has 0 saturated heterocycles. The maximum absolute atomic E-state index is 5.55. The average molecular weight is 225 g/mol. The zero-order valence-electron chi connectivity index (χ0n) is 9.69. The highest BCUT2D eigenvalue weighted by Crippen LogP contribution is 2.31. The van der Waals surface area contributed by atoms with Gasteiger partial charge in [-0.15, -0.1) is 0 Å². The number of hydrogen-bond donors (Lipinski definition) is 1. The van der Waals surface area contributed by atoms with Crippen LogP contribution in [-0.2, 0) is 19.3 Å². The van der Waals surface area contributed by atoms with Crippen molar-refractivity contribution >= 4 is 0 Å². The van der Waals surface area contributed by atoms with Crippen LogP contribution in [-0.4, -0.2) is 16.5 Å². The van der Waals surface area contributed by atoms with Crippen molar-refractivity contribution in [2.24, 2.45) is 5.73 Å². The Morgan fingerprint density at radius 3 is 2.82 bits per heavy atom. The molecule has 2 aromatic rings. The Kier molecular flexibility index (Phi) is 2.61. The monoisotopic (exact) mass is 225 g/mol. The third-order valence-electron chi connectivity index (χ3n) is 3.22. The SMILES string of the molecule is NCCc1ncc2c(n1)-c1ccccc1CC2. The smallest absolute Gasteiger partial charge is 0.130 e. The first-order valence-electron chi connectivity index (χ1n) is 6.01. The van der Waals surface area contributed by atoms with Gasteiger partial charge in [0.25, 0.3) is 0 Å². The molecule has 1 aromatic heterocycles. The Labute approximate surface area is 101 Å². The third kappa shape index (κ3) is 1.83. The van der Waals surface area contributed by atoms with Crippen LogP contribution in [0.2, 0.25) is 0 Å². The summed E-state index contributed by atoms with van der Waals surface area (Å²) in [4.78, 5) is 9.02. The molecule has 17 heavy (non-hydrogen) atoms. The van der Waals surface area contributed by atoms with E-state index < -0.39 is 0 Å². The summed E-state index contributed by atoms with van der Waals surface area (Å²) in [6.07, 6.45) is 4.83. The van der Waals surface area contributed by atoms with Crippen molar-refractivity contribution in [3.05, 3.63) is 47.4 Å². The molecule has 1 heterocycles. The van der Waals surface area contributed by atoms with E-state index in [1.54, 1.807) is 0 Å². The summed E-state index contributed by atoms with van der Waals surface area (Å²) < 4.78 is 0. The molecule has 0 spiro atoms. The molecule has 1 aromatic carbocycles. The first-order chi connectivity index (χ1) is 8.38. The van der Waals surface area contributed by atoms with Gasteiger partial charge in [-0.25, -0.2) is 9.97 Å². The lowest BCUT2D eigenvalue weighted by atomic mass is 9.90. The van der Waals surface area contributed by atoms with Crippen molar-refractivity contribution in [3.8, 4) is 11.3 Å². The Morgan fingerprint density at radius 2 is 1.94 bits per heavy atom. The van der Waals surface area contributed by atoms with Crippen molar-refractivity contribution in [2.75, 3.05) is 6.54 Å². The summed E-state index contributed by atoms with van der Waals surface area (Å²) in [7, 11) is 0. The molecule has 86 valence electrons. The molecule has 3 nitrogen and oxygen atoms in total. The van der Waals surface area contributed by atoms with Crippen LogP contribution in [0.3, 0.4) is 0 Å². The summed E-state index contributed by atoms with van der Waals surface area (Å²) >= 11 is 0. The molecular weight excluding hydrogens is 210 g/mol. The third-order valence-corrected chi connectivity index (χ3v) is 3.22. The Balaban J connectivity index is 2.12. The number of benzene rings is 1. The van der Waals surface area contributed by atoms with Crippen molar-refractivity contribution in [3.63, 3.8) is 0 Å². The predicted molar refractivity (Wildman–Crippen MR) is 67.6 cm³/mol. The van der Waals surface area contributed by atoms with Crippen molar-refractivity contribution in [1.82, 2.24) is 9.97 Å². The Morgan fingerprint density at radius 1 is 1.12 bits per heavy atom. The van der Waals surface area contributed by atoms with Crippen LogP contribution in [0.25, 0.3) is 11.3 Å². The van der Waals surface area contributed by atoms with E-state index in [1.165, 1.54) is 16.7 Å². The number of nitrogens with zero attached hydrogens (tertiary/aromatic N) is 2. The maximum Gasteiger partial charge on any atom is 0.130 e. The van der Waals surface area contributed by atoms with Gasteiger partial charge < -0.3 is 5.73 Å². The van der Waals surface area contributed by atoms with E-state index in [-0.39, 0.29) is 0 Å². The fraction of sp³-hybridized carbons (Fsp3) is 0.286. The minimum Gasteiger partial charge on any atom is -0.330 e. The van der Waals surface area contributed by atoms with Crippen LogP contribution < -0.4 is 5.73 Å². The van der Waals surface area contributed by atoms with Crippen molar-refractivity contribution in [1.29, 1.82) is 0 Å². The number of hydrogen-bond acceptors (Lipinski definition) is 3. The predicted octanol–water partition coefficient (Wildman–Crippen LogP) is 1.74. The van der Waals surface area contributed by atoms with Crippen LogP contribution in [0.15, 0.2) is 30.5 Å². The van der Waals surface area contributed by atoms with E-state index in [9.17, 15) is 0 Å². The van der Waals surface area contributed by atoms with E-state index >= 15 is 0 Å². The summed E-state index contributed by atoms with van der Waals surface area (Å²) in [5.74, 6) is 0.850. The fourth-order valence-corrected chi connectivity index (χ4v) is 2.35. The highest BCUT2D eigenvalue weighted by Gasteiger charge is 2.17. The first kappa shape index (κ1) is 10.4. The summed E-state index contributed by atoms with van der Waals surface area (Å²) in [6.45, 7) is 0.598. The summed E-state index contributed by atoms with van der Waals surface area (Å²) in [5.41, 5.74) is 10.6. The number of aryl methyl sites for hydroxylation is 2. The molecule has 0 bridgehead atoms. The second-order valence-corrected chi connectivity index (χ2v) is 4.36. The summed E-state index contributed by atoms with van der Waals surface area (Å²) in [6, 6.07) is 8.49. The molecule has 0 fully saturated rings. The second-order valence-electron chi connectivity index (χ2n) is 4.36. The van der Waals surface area contributed by atoms with Crippen LogP contribution in [0, 0.1) is 0 Å². The average Bonchev–Trinajstić information content (AvgIpc) is 2.39. The van der Waals surface area contributed by atoms with E-state index in [1.807, 2.05) is 6.20 Å². The normalized spacial score (nSPS) is 13.0. The van der Waals surface area contributed by atoms with Gasteiger partial charge in [0.15, 0.2) is 0 Å². The van der Waals surface area contributed by atoms with E-state index in [2.05, 4.69) is 34.2 Å². The molecule has 3 heteroatoms. The lowest BCUT2D eigenvalue weighted by Gasteiger charge is -2.18. The number of rotatable bonds is 2. The molecule has 0 saturated carbocycles. The largest absolute Gasteiger partial charge is 0.330 e. The standard InChI is InChI=1S/C14H15N3/c15-8-7-13-16-9-11-6-5-10-3-1-2-4-12(10)14(11)17-13/h1-4,9H,5-8,15H2. The zero-order valence-corrected chi connectivity index (χ0v) is 9.69. The second kappa shape index (κ2) is 4.26. The van der Waals surface area contributed by atoms with Gasteiger partial charge in [-0.2, -0.15) is 0 Å². The minimum atomic E-state index is 0.598. The molecule has 1 aliphatic carbocycles. The minimum absolute atomic E-state index is 0.598. The van der Waals surface area contributed by atoms with E-state index in [4.69, 9.17) is 5.73 Å². The topological polar surface area (TPSA) is 51.8 Å². The number of nitrogens with two attached hydrogens (primary N) is 1. The highest BCUT2D eigenvalue weighted by atomic mass is 14.9. The van der Waals surface area contributed by atoms with Crippen molar-refractivity contribution in [2.45, 2.75) is 19.3 Å². The quantitative estimate of drug-likeness (QED) is 0.847. The maximum atomic E-state index is 5.55. The van der Waals surface area contributed by atoms with Crippen LogP contribution in [0.5, 0.6) is 0 Å². The van der Waals surface area contributed by atoms with E-state index in [0.717, 1.165) is 30.8 Å². The number of aromatic nitrogens is 2. The van der Waals surface area contributed by atoms with Crippen LogP contribution in [0.1, 0.15) is 17.0 Å². The van der Waals surface area contributed by atoms with Gasteiger partial charge in [0.05, 0.1) is 5.69 Å². The first-order valence-corrected chi connectivity index (χ1v) is 6.01. The molecule has 1 aliphatic rings. The van der Waals surface area contributed by atoms with Crippen molar-refractivity contribution < 1.29 is 0 Å². The molecular formula is C14H15N3. The van der Waals surface area contributed by atoms with E-state index in [0.29, 0.717) is 6.54 Å². The Hall–Kier alpha value is -1.74. The lowest BCUT2D eigenvalue weighted by molar-refractivity contribution is 0.838. The van der Waals surface area contributed by atoms with Gasteiger partial charge >= 0.3 is 0 Å². The molecule has 0 aliphatic heterocycles. The molecule has 0 radical (unpaired) electrons. The van der Waals surface area contributed by atoms with Gasteiger partial charge in [-0.05, 0) is 30.5 Å². The number of fused-ring (bicyclic) bond motifs is 3. The molecule has 0 atom stereocenters. The highest BCUT2D eigenvalue weighted by molar-refractivity contribution is 5.69. The molecule has 2 N–H and O–H groups in total.